The minimum absolute atomic E-state index is 0.0497. The number of rotatable bonds is 20. The number of carbonyl (C=O) groups is 7. The summed E-state index contributed by atoms with van der Waals surface area (Å²) in [6.45, 7) is -3.62. The van der Waals surface area contributed by atoms with Gasteiger partial charge >= 0.3 is 29.8 Å². The number of carboxylic acids is 5. The van der Waals surface area contributed by atoms with Gasteiger partial charge in [0.1, 0.15) is 0 Å². The maximum atomic E-state index is 11.8. The predicted molar refractivity (Wildman–Crippen MR) is 141 cm³/mol. The van der Waals surface area contributed by atoms with Crippen LogP contribution < -0.4 is 5.43 Å². The number of nitrogens with one attached hydrogen (secondary N) is 1. The number of imide groups is 1. The second kappa shape index (κ2) is 15.8. The molecule has 2 amide bonds. The molecule has 1 aliphatic rings. The first kappa shape index (κ1) is 33.3. The third kappa shape index (κ3) is 11.7. The van der Waals surface area contributed by atoms with Crippen LogP contribution in [0.1, 0.15) is 5.56 Å². The quantitative estimate of drug-likeness (QED) is 0.0911. The summed E-state index contributed by atoms with van der Waals surface area (Å²) >= 11 is 0. The molecular weight excluding hydrogens is 562 g/mol. The zero-order valence-electron chi connectivity index (χ0n) is 22.3. The van der Waals surface area contributed by atoms with Gasteiger partial charge in [-0.25, -0.2) is 0 Å². The molecule has 0 aliphatic carbocycles. The van der Waals surface area contributed by atoms with E-state index in [-0.39, 0.29) is 26.1 Å². The van der Waals surface area contributed by atoms with Crippen molar-refractivity contribution in [2.75, 3.05) is 57.8 Å². The lowest BCUT2D eigenvalue weighted by molar-refractivity contribution is -0.144. The van der Waals surface area contributed by atoms with Crippen molar-refractivity contribution in [3.05, 3.63) is 42.0 Å². The van der Waals surface area contributed by atoms with Crippen LogP contribution in [-0.4, -0.2) is 145 Å². The Kier molecular flexibility index (Phi) is 12.5. The minimum Gasteiger partial charge on any atom is -0.480 e. The molecule has 0 aromatic heterocycles. The molecule has 0 saturated carbocycles. The average Bonchev–Trinajstić information content (AvgIpc) is 3.18. The fourth-order valence-electron chi connectivity index (χ4n) is 4.20. The molecule has 17 heteroatoms. The summed E-state index contributed by atoms with van der Waals surface area (Å²) in [6.07, 6.45) is 2.24. The molecule has 0 fully saturated rings. The number of hydrogen-bond donors (Lipinski definition) is 6. The fourth-order valence-corrected chi connectivity index (χ4v) is 4.20. The van der Waals surface area contributed by atoms with Crippen molar-refractivity contribution in [1.29, 1.82) is 0 Å². The summed E-state index contributed by atoms with van der Waals surface area (Å²) in [6, 6.07) is 5.39. The molecule has 6 N–H and O–H groups in total. The number of hydrazine groups is 1. The van der Waals surface area contributed by atoms with Crippen LogP contribution >= 0.6 is 0 Å². The van der Waals surface area contributed by atoms with Gasteiger partial charge in [-0.3, -0.25) is 53.7 Å². The molecule has 0 bridgehead atoms. The summed E-state index contributed by atoms with van der Waals surface area (Å²) in [5.41, 5.74) is 3.60. The summed E-state index contributed by atoms with van der Waals surface area (Å²) in [4.78, 5) is 84.1. The van der Waals surface area contributed by atoms with E-state index in [2.05, 4.69) is 5.43 Å². The van der Waals surface area contributed by atoms with Crippen molar-refractivity contribution in [1.82, 2.24) is 19.7 Å². The molecule has 42 heavy (non-hydrogen) atoms. The van der Waals surface area contributed by atoms with Crippen LogP contribution in [-0.2, 0) is 40.0 Å². The molecular formula is C25H31N5O12. The second-order valence-corrected chi connectivity index (χ2v) is 9.33. The number of carboxylic acid groups (broad SMARTS) is 5. The van der Waals surface area contributed by atoms with Gasteiger partial charge in [-0.15, -0.1) is 0 Å². The van der Waals surface area contributed by atoms with Gasteiger partial charge in [0.25, 0.3) is 11.8 Å². The average molecular weight is 594 g/mol. The van der Waals surface area contributed by atoms with Crippen molar-refractivity contribution in [2.24, 2.45) is 0 Å². The Bertz CT molecular complexity index is 1170. The third-order valence-corrected chi connectivity index (χ3v) is 5.95. The molecule has 2 rings (SSSR count). The topological polar surface area (TPSA) is 246 Å². The van der Waals surface area contributed by atoms with Gasteiger partial charge in [0, 0.05) is 37.8 Å². The Labute approximate surface area is 238 Å². The Balaban J connectivity index is 2.28. The van der Waals surface area contributed by atoms with Crippen molar-refractivity contribution in [3.63, 3.8) is 0 Å². The SMILES string of the molecule is O=C(O)CN(CCN(CC(=O)O)C[C@@H](Cc1ccc(NN2C(=O)C=CC2=O)cc1)N(CC(=O)O)CC(=O)O)CC(=O)O. The zero-order valence-corrected chi connectivity index (χ0v) is 22.3. The van der Waals surface area contributed by atoms with Crippen LogP contribution in [0.4, 0.5) is 5.69 Å². The number of carbonyl (C=O) groups excluding carboxylic acids is 2. The van der Waals surface area contributed by atoms with Gasteiger partial charge in [-0.05, 0) is 24.1 Å². The molecule has 0 unspecified atom stereocenters. The number of aliphatic carboxylic acids is 5. The van der Waals surface area contributed by atoms with E-state index in [1.807, 2.05) is 0 Å². The Morgan fingerprint density at radius 1 is 0.667 bits per heavy atom. The van der Waals surface area contributed by atoms with Crippen molar-refractivity contribution in [3.8, 4) is 0 Å². The highest BCUT2D eigenvalue weighted by Gasteiger charge is 2.28. The first-order valence-electron chi connectivity index (χ1n) is 12.4. The highest BCUT2D eigenvalue weighted by molar-refractivity contribution is 6.13. The lowest BCUT2D eigenvalue weighted by atomic mass is 10.0. The molecule has 0 radical (unpaired) electrons. The minimum atomic E-state index is -1.33. The van der Waals surface area contributed by atoms with Crippen LogP contribution in [0, 0.1) is 0 Å². The summed E-state index contributed by atoms with van der Waals surface area (Å²) in [7, 11) is 0. The van der Waals surface area contributed by atoms with Crippen LogP contribution in [0.25, 0.3) is 0 Å². The van der Waals surface area contributed by atoms with Crippen molar-refractivity contribution < 1.29 is 59.1 Å². The normalized spacial score (nSPS) is 13.6. The van der Waals surface area contributed by atoms with Crippen molar-refractivity contribution >= 4 is 47.3 Å². The maximum absolute atomic E-state index is 11.8. The van der Waals surface area contributed by atoms with Gasteiger partial charge in [-0.2, -0.15) is 5.01 Å². The van der Waals surface area contributed by atoms with Crippen molar-refractivity contribution in [2.45, 2.75) is 12.5 Å². The van der Waals surface area contributed by atoms with Crippen LogP contribution in [0.3, 0.4) is 0 Å². The Morgan fingerprint density at radius 3 is 1.55 bits per heavy atom. The summed E-state index contributed by atoms with van der Waals surface area (Å²) in [5.74, 6) is -7.63. The lowest BCUT2D eigenvalue weighted by Crippen LogP contribution is -2.51. The monoisotopic (exact) mass is 593 g/mol. The largest absolute Gasteiger partial charge is 0.480 e. The van der Waals surface area contributed by atoms with E-state index in [0.717, 1.165) is 27.0 Å². The van der Waals surface area contributed by atoms with E-state index < -0.39 is 80.4 Å². The summed E-state index contributed by atoms with van der Waals surface area (Å²) < 4.78 is 0. The third-order valence-electron chi connectivity index (χ3n) is 5.95. The molecule has 0 spiro atoms. The van der Waals surface area contributed by atoms with Crippen LogP contribution in [0.2, 0.25) is 0 Å². The van der Waals surface area contributed by atoms with E-state index in [1.165, 1.54) is 17.0 Å². The van der Waals surface area contributed by atoms with E-state index in [9.17, 15) is 48.9 Å². The first-order valence-corrected chi connectivity index (χ1v) is 12.4. The van der Waals surface area contributed by atoms with E-state index >= 15 is 0 Å². The number of amides is 2. The smallest absolute Gasteiger partial charge is 0.317 e. The van der Waals surface area contributed by atoms with Crippen LogP contribution in [0.5, 0.6) is 0 Å². The van der Waals surface area contributed by atoms with Crippen LogP contribution in [0.15, 0.2) is 36.4 Å². The standard InChI is InChI=1S/C25H31N5O12/c31-19-5-6-20(32)30(19)26-17-3-1-16(2-4-17)9-18(29(14-24(39)40)15-25(41)42)10-27(11-21(33)34)7-8-28(12-22(35)36)13-23(37)38/h1-6,18,26H,7-15H2,(H,33,34)(H,35,36)(H,37,38)(H,39,40)(H,41,42)/t18-/m1/s1. The molecule has 1 aromatic rings. The Hall–Kier alpha value is -4.87. The van der Waals surface area contributed by atoms with E-state index in [4.69, 9.17) is 10.2 Å². The molecule has 0 saturated heterocycles. The molecule has 228 valence electrons. The number of benzene rings is 1. The molecule has 1 aliphatic heterocycles. The number of hydrogen-bond acceptors (Lipinski definition) is 11. The fraction of sp³-hybridized carbons (Fsp3) is 0.400. The highest BCUT2D eigenvalue weighted by atomic mass is 16.4. The molecule has 1 aromatic carbocycles. The highest BCUT2D eigenvalue weighted by Crippen LogP contribution is 2.17. The number of anilines is 1. The maximum Gasteiger partial charge on any atom is 0.317 e. The molecule has 1 heterocycles. The van der Waals surface area contributed by atoms with Gasteiger partial charge in [0.15, 0.2) is 0 Å². The molecule has 17 nitrogen and oxygen atoms in total. The predicted octanol–water partition coefficient (Wildman–Crippen LogP) is -1.82. The second-order valence-electron chi connectivity index (χ2n) is 9.33. The van der Waals surface area contributed by atoms with Gasteiger partial charge in [0.2, 0.25) is 0 Å². The number of nitrogens with zero attached hydrogens (tertiary/aromatic N) is 4. The Morgan fingerprint density at radius 2 is 1.10 bits per heavy atom. The van der Waals surface area contributed by atoms with E-state index in [1.54, 1.807) is 12.1 Å². The van der Waals surface area contributed by atoms with E-state index in [0.29, 0.717) is 11.3 Å². The van der Waals surface area contributed by atoms with Gasteiger partial charge in [0.05, 0.1) is 38.4 Å². The van der Waals surface area contributed by atoms with Gasteiger partial charge in [-0.1, -0.05) is 12.1 Å². The zero-order chi connectivity index (χ0) is 31.4. The van der Waals surface area contributed by atoms with Gasteiger partial charge < -0.3 is 25.5 Å². The summed E-state index contributed by atoms with van der Waals surface area (Å²) in [5, 5.41) is 47.2. The first-order chi connectivity index (χ1) is 19.7. The molecule has 1 atom stereocenters. The lowest BCUT2D eigenvalue weighted by Gasteiger charge is -2.34.